The smallest absolute Gasteiger partial charge is 0.224 e. The molecule has 20 heavy (non-hydrogen) atoms. The molecule has 1 aliphatic rings. The summed E-state index contributed by atoms with van der Waals surface area (Å²) in [4.78, 5) is 12.1. The van der Waals surface area contributed by atoms with Gasteiger partial charge in [-0.3, -0.25) is 4.79 Å². The fourth-order valence-electron chi connectivity index (χ4n) is 2.33. The normalized spacial score (nSPS) is 16.0. The fourth-order valence-corrected chi connectivity index (χ4v) is 2.33. The Labute approximate surface area is 122 Å². The number of anilines is 2. The Morgan fingerprint density at radius 1 is 1.40 bits per heavy atom. The molecule has 1 aromatic rings. The molecule has 0 aromatic heterocycles. The molecule has 2 N–H and O–H groups in total. The van der Waals surface area contributed by atoms with Crippen molar-refractivity contribution in [2.45, 2.75) is 47.0 Å². The first-order valence-electron chi connectivity index (χ1n) is 7.53. The summed E-state index contributed by atoms with van der Waals surface area (Å²) in [5.41, 5.74) is 3.56. The minimum atomic E-state index is 0.100. The molecule has 0 saturated carbocycles. The minimum Gasteiger partial charge on any atom is -0.385 e. The number of hydrogen-bond acceptors (Lipinski definition) is 2. The van der Waals surface area contributed by atoms with Gasteiger partial charge in [-0.25, -0.2) is 0 Å². The molecule has 1 unspecified atom stereocenters. The molecular weight excluding hydrogens is 248 g/mol. The second kappa shape index (κ2) is 5.86. The molecule has 2 rings (SSSR count). The maximum absolute atomic E-state index is 12.1. The van der Waals surface area contributed by atoms with Crippen LogP contribution in [0.3, 0.4) is 0 Å². The molecule has 0 radical (unpaired) electrons. The second-order valence-corrected chi connectivity index (χ2v) is 6.92. The van der Waals surface area contributed by atoms with Crippen molar-refractivity contribution in [1.29, 1.82) is 0 Å². The van der Waals surface area contributed by atoms with Crippen LogP contribution in [0.1, 0.15) is 46.1 Å². The Balaban J connectivity index is 1.98. The van der Waals surface area contributed by atoms with E-state index in [4.69, 9.17) is 0 Å². The van der Waals surface area contributed by atoms with Crippen molar-refractivity contribution in [1.82, 2.24) is 0 Å². The number of nitrogens with one attached hydrogen (secondary N) is 2. The fraction of sp³-hybridized carbons (Fsp3) is 0.588. The van der Waals surface area contributed by atoms with Crippen molar-refractivity contribution >= 4 is 17.3 Å². The highest BCUT2D eigenvalue weighted by molar-refractivity contribution is 5.91. The van der Waals surface area contributed by atoms with Crippen molar-refractivity contribution in [3.8, 4) is 0 Å². The molecule has 1 aliphatic heterocycles. The molecular formula is C17H26N2O. The first-order valence-corrected chi connectivity index (χ1v) is 7.53. The van der Waals surface area contributed by atoms with Gasteiger partial charge in [0.05, 0.1) is 0 Å². The molecule has 0 bridgehead atoms. The van der Waals surface area contributed by atoms with E-state index in [2.05, 4.69) is 44.4 Å². The Bertz CT molecular complexity index is 488. The lowest BCUT2D eigenvalue weighted by atomic mass is 9.80. The Morgan fingerprint density at radius 3 is 2.85 bits per heavy atom. The van der Waals surface area contributed by atoms with Gasteiger partial charge in [-0.15, -0.1) is 0 Å². The van der Waals surface area contributed by atoms with Crippen molar-refractivity contribution in [3.05, 3.63) is 23.8 Å². The third-order valence-electron chi connectivity index (χ3n) is 4.30. The zero-order valence-electron chi connectivity index (χ0n) is 13.0. The standard InChI is InChI=1S/C17H26N2O/c1-12(17(2,3)4)10-16(20)19-14-8-7-13-6-5-9-18-15(13)11-14/h7-8,11-12,18H,5-6,9-10H2,1-4H3,(H,19,20). The van der Waals surface area contributed by atoms with E-state index in [9.17, 15) is 4.79 Å². The van der Waals surface area contributed by atoms with E-state index in [1.165, 1.54) is 12.0 Å². The molecule has 0 spiro atoms. The van der Waals surface area contributed by atoms with E-state index < -0.39 is 0 Å². The van der Waals surface area contributed by atoms with E-state index in [0.717, 1.165) is 24.3 Å². The number of rotatable bonds is 3. The molecule has 1 heterocycles. The monoisotopic (exact) mass is 274 g/mol. The summed E-state index contributed by atoms with van der Waals surface area (Å²) < 4.78 is 0. The maximum atomic E-state index is 12.1. The van der Waals surface area contributed by atoms with Crippen LogP contribution in [0.25, 0.3) is 0 Å². The zero-order chi connectivity index (χ0) is 14.8. The number of fused-ring (bicyclic) bond motifs is 1. The molecule has 0 saturated heterocycles. The van der Waals surface area contributed by atoms with Gasteiger partial charge < -0.3 is 10.6 Å². The quantitative estimate of drug-likeness (QED) is 0.873. The third kappa shape index (κ3) is 3.75. The summed E-state index contributed by atoms with van der Waals surface area (Å²) in [6, 6.07) is 6.17. The predicted molar refractivity (Wildman–Crippen MR) is 85.1 cm³/mol. The first kappa shape index (κ1) is 14.9. The topological polar surface area (TPSA) is 41.1 Å². The largest absolute Gasteiger partial charge is 0.385 e. The van der Waals surface area contributed by atoms with Crippen LogP contribution in [0.4, 0.5) is 11.4 Å². The summed E-state index contributed by atoms with van der Waals surface area (Å²) in [6.07, 6.45) is 2.87. The summed E-state index contributed by atoms with van der Waals surface area (Å²) in [5, 5.41) is 6.41. The summed E-state index contributed by atoms with van der Waals surface area (Å²) in [6.45, 7) is 9.68. The van der Waals surface area contributed by atoms with E-state index in [0.29, 0.717) is 12.3 Å². The van der Waals surface area contributed by atoms with Crippen LogP contribution >= 0.6 is 0 Å². The molecule has 0 aliphatic carbocycles. The van der Waals surface area contributed by atoms with Gasteiger partial charge in [-0.05, 0) is 41.9 Å². The lowest BCUT2D eigenvalue weighted by Crippen LogP contribution is -2.24. The highest BCUT2D eigenvalue weighted by Crippen LogP contribution is 2.29. The lowest BCUT2D eigenvalue weighted by molar-refractivity contribution is -0.117. The van der Waals surface area contributed by atoms with Gasteiger partial charge in [-0.1, -0.05) is 33.8 Å². The van der Waals surface area contributed by atoms with E-state index in [1.54, 1.807) is 0 Å². The van der Waals surface area contributed by atoms with Gasteiger partial charge in [0.25, 0.3) is 0 Å². The number of carbonyl (C=O) groups excluding carboxylic acids is 1. The maximum Gasteiger partial charge on any atom is 0.224 e. The van der Waals surface area contributed by atoms with Gasteiger partial charge in [0.15, 0.2) is 0 Å². The highest BCUT2D eigenvalue weighted by Gasteiger charge is 2.22. The second-order valence-electron chi connectivity index (χ2n) is 6.92. The molecule has 3 heteroatoms. The Kier molecular flexibility index (Phi) is 4.36. The predicted octanol–water partition coefficient (Wildman–Crippen LogP) is 4.06. The molecule has 1 atom stereocenters. The van der Waals surface area contributed by atoms with Crippen LogP contribution in [0.2, 0.25) is 0 Å². The highest BCUT2D eigenvalue weighted by atomic mass is 16.1. The number of benzene rings is 1. The number of carbonyl (C=O) groups is 1. The van der Waals surface area contributed by atoms with Crippen molar-refractivity contribution < 1.29 is 4.79 Å². The lowest BCUT2D eigenvalue weighted by Gasteiger charge is -2.26. The van der Waals surface area contributed by atoms with Crippen molar-refractivity contribution in [2.24, 2.45) is 11.3 Å². The number of aryl methyl sites for hydroxylation is 1. The van der Waals surface area contributed by atoms with Crippen molar-refractivity contribution in [3.63, 3.8) is 0 Å². The van der Waals surface area contributed by atoms with Gasteiger partial charge in [0.1, 0.15) is 0 Å². The van der Waals surface area contributed by atoms with Crippen LogP contribution in [-0.2, 0) is 11.2 Å². The number of hydrogen-bond donors (Lipinski definition) is 2. The summed E-state index contributed by atoms with van der Waals surface area (Å²) >= 11 is 0. The number of amides is 1. The summed E-state index contributed by atoms with van der Waals surface area (Å²) in [5.74, 6) is 0.460. The molecule has 0 fully saturated rings. The van der Waals surface area contributed by atoms with Gasteiger partial charge in [0.2, 0.25) is 5.91 Å². The molecule has 1 aromatic carbocycles. The van der Waals surface area contributed by atoms with Crippen LogP contribution in [0.5, 0.6) is 0 Å². The SMILES string of the molecule is CC(CC(=O)Nc1ccc2c(c1)NCCC2)C(C)(C)C. The molecule has 1 amide bonds. The van der Waals surface area contributed by atoms with Crippen LogP contribution in [-0.4, -0.2) is 12.5 Å². The minimum absolute atomic E-state index is 0.100. The Hall–Kier alpha value is -1.51. The van der Waals surface area contributed by atoms with E-state index in [-0.39, 0.29) is 11.3 Å². The van der Waals surface area contributed by atoms with Crippen LogP contribution < -0.4 is 10.6 Å². The van der Waals surface area contributed by atoms with E-state index >= 15 is 0 Å². The Morgan fingerprint density at radius 2 is 2.15 bits per heavy atom. The van der Waals surface area contributed by atoms with Crippen molar-refractivity contribution in [2.75, 3.05) is 17.2 Å². The third-order valence-corrected chi connectivity index (χ3v) is 4.30. The summed E-state index contributed by atoms with van der Waals surface area (Å²) in [7, 11) is 0. The van der Waals surface area contributed by atoms with Gasteiger partial charge >= 0.3 is 0 Å². The van der Waals surface area contributed by atoms with Gasteiger partial charge in [0, 0.05) is 24.3 Å². The van der Waals surface area contributed by atoms with E-state index in [1.807, 2.05) is 12.1 Å². The molecule has 3 nitrogen and oxygen atoms in total. The average molecular weight is 274 g/mol. The first-order chi connectivity index (χ1) is 9.36. The van der Waals surface area contributed by atoms with Gasteiger partial charge in [-0.2, -0.15) is 0 Å². The average Bonchev–Trinajstić information content (AvgIpc) is 2.37. The van der Waals surface area contributed by atoms with Crippen LogP contribution in [0, 0.1) is 11.3 Å². The molecule has 110 valence electrons. The van der Waals surface area contributed by atoms with Crippen LogP contribution in [0.15, 0.2) is 18.2 Å². The zero-order valence-corrected chi connectivity index (χ0v) is 13.0.